The Balaban J connectivity index is 1.64. The smallest absolute Gasteiger partial charge is 0.416 e. The van der Waals surface area contributed by atoms with Crippen LogP contribution in [0, 0.1) is 12.3 Å². The molecule has 0 unspecified atom stereocenters. The number of aryl methyl sites for hydroxylation is 2. The summed E-state index contributed by atoms with van der Waals surface area (Å²) in [7, 11) is 3.05. The van der Waals surface area contributed by atoms with Crippen molar-refractivity contribution in [2.75, 3.05) is 20.2 Å². The zero-order valence-electron chi connectivity index (χ0n) is 20.9. The Labute approximate surface area is 223 Å². The van der Waals surface area contributed by atoms with Crippen molar-refractivity contribution < 1.29 is 27.5 Å². The molecule has 5 nitrogen and oxygen atoms in total. The first-order chi connectivity index (χ1) is 17.3. The molecule has 1 saturated heterocycles. The summed E-state index contributed by atoms with van der Waals surface area (Å²) in [5.74, 6) is -0.559. The number of halogens is 5. The van der Waals surface area contributed by atoms with Crippen LogP contribution in [0.25, 0.3) is 10.9 Å². The van der Waals surface area contributed by atoms with Crippen molar-refractivity contribution >= 4 is 46.0 Å². The molecule has 3 aromatic rings. The number of benzene rings is 2. The molecule has 0 bridgehead atoms. The lowest BCUT2D eigenvalue weighted by Gasteiger charge is -2.37. The summed E-state index contributed by atoms with van der Waals surface area (Å²) in [6.07, 6.45) is -3.28. The molecule has 1 aliphatic rings. The van der Waals surface area contributed by atoms with Crippen LogP contribution < -0.4 is 0 Å². The van der Waals surface area contributed by atoms with Crippen molar-refractivity contribution in [1.82, 2.24) is 9.47 Å². The molecule has 4 rings (SSSR count). The maximum absolute atomic E-state index is 13.4. The first-order valence-corrected chi connectivity index (χ1v) is 12.5. The topological polar surface area (TPSA) is 51.5 Å². The highest BCUT2D eigenvalue weighted by atomic mass is 35.5. The SMILES string of the molecule is COC(=O)C1(C)CCN(C(=O)c2ccc(Cl)c(Cc3cc4c(C)cc(C(F)(F)F)cc4n3C)c2Cl)CC1. The van der Waals surface area contributed by atoms with E-state index in [1.54, 1.807) is 35.6 Å². The van der Waals surface area contributed by atoms with Crippen LogP contribution in [0.5, 0.6) is 0 Å². The van der Waals surface area contributed by atoms with Crippen molar-refractivity contribution in [2.45, 2.75) is 39.3 Å². The monoisotopic (exact) mass is 554 g/mol. The highest BCUT2D eigenvalue weighted by Crippen LogP contribution is 2.37. The first kappa shape index (κ1) is 27.3. The number of alkyl halides is 3. The van der Waals surface area contributed by atoms with Gasteiger partial charge in [0.1, 0.15) is 0 Å². The lowest BCUT2D eigenvalue weighted by Crippen LogP contribution is -2.45. The van der Waals surface area contributed by atoms with Crippen molar-refractivity contribution in [3.63, 3.8) is 0 Å². The Kier molecular flexibility index (Phi) is 7.29. The van der Waals surface area contributed by atoms with Crippen LogP contribution in [0.15, 0.2) is 30.3 Å². The number of carbonyl (C=O) groups excluding carboxylic acids is 2. The summed E-state index contributed by atoms with van der Waals surface area (Å²) in [4.78, 5) is 27.1. The molecule has 37 heavy (non-hydrogen) atoms. The average molecular weight is 555 g/mol. The van der Waals surface area contributed by atoms with Gasteiger partial charge in [0, 0.05) is 48.2 Å². The number of aromatic nitrogens is 1. The minimum Gasteiger partial charge on any atom is -0.469 e. The zero-order valence-corrected chi connectivity index (χ0v) is 22.4. The minimum atomic E-state index is -4.45. The van der Waals surface area contributed by atoms with Crippen LogP contribution in [-0.2, 0) is 29.2 Å². The number of ether oxygens (including phenoxy) is 1. The zero-order chi connectivity index (χ0) is 27.3. The Morgan fingerprint density at radius 2 is 1.76 bits per heavy atom. The summed E-state index contributed by atoms with van der Waals surface area (Å²) in [5.41, 5.74) is 1.12. The third-order valence-corrected chi connectivity index (χ3v) is 8.19. The van der Waals surface area contributed by atoms with Crippen molar-refractivity contribution in [3.05, 3.63) is 68.3 Å². The second kappa shape index (κ2) is 9.87. The van der Waals surface area contributed by atoms with Crippen LogP contribution in [0.2, 0.25) is 10.0 Å². The molecule has 198 valence electrons. The summed E-state index contributed by atoms with van der Waals surface area (Å²) >= 11 is 13.2. The van der Waals surface area contributed by atoms with E-state index in [9.17, 15) is 22.8 Å². The van der Waals surface area contributed by atoms with E-state index >= 15 is 0 Å². The number of carbonyl (C=O) groups is 2. The van der Waals surface area contributed by atoms with E-state index in [0.717, 1.165) is 12.1 Å². The molecule has 1 aliphatic heterocycles. The molecule has 1 fully saturated rings. The van der Waals surface area contributed by atoms with E-state index in [2.05, 4.69) is 0 Å². The Hall–Kier alpha value is -2.71. The molecule has 0 aliphatic carbocycles. The van der Waals surface area contributed by atoms with Gasteiger partial charge in [0.15, 0.2) is 0 Å². The standard InChI is InChI=1S/C27H27Cl2F3N2O3/c1-15-11-16(27(30,31)32)12-22-19(15)13-17(33(22)3)14-20-21(28)6-5-18(23(20)29)24(35)34-9-7-26(2,8-10-34)25(36)37-4/h5-6,11-13H,7-10,14H2,1-4H3. The molecular formula is C27H27Cl2F3N2O3. The molecule has 0 radical (unpaired) electrons. The second-order valence-corrected chi connectivity index (χ2v) is 10.6. The Morgan fingerprint density at radius 1 is 1.11 bits per heavy atom. The van der Waals surface area contributed by atoms with Gasteiger partial charge in [-0.15, -0.1) is 0 Å². The summed E-state index contributed by atoms with van der Waals surface area (Å²) < 4.78 is 46.7. The molecule has 10 heteroatoms. The molecule has 1 aromatic heterocycles. The fourth-order valence-electron chi connectivity index (χ4n) is 4.93. The van der Waals surface area contributed by atoms with E-state index in [-0.39, 0.29) is 28.9 Å². The largest absolute Gasteiger partial charge is 0.469 e. The predicted molar refractivity (Wildman–Crippen MR) is 137 cm³/mol. The van der Waals surface area contributed by atoms with E-state index < -0.39 is 17.2 Å². The minimum absolute atomic E-state index is 0.205. The molecule has 0 saturated carbocycles. The third-order valence-electron chi connectivity index (χ3n) is 7.40. The number of piperidine rings is 1. The number of fused-ring (bicyclic) bond motifs is 1. The van der Waals surface area contributed by atoms with Crippen LogP contribution in [0.3, 0.4) is 0 Å². The van der Waals surface area contributed by atoms with Gasteiger partial charge in [-0.25, -0.2) is 0 Å². The van der Waals surface area contributed by atoms with Crippen LogP contribution in [0.4, 0.5) is 13.2 Å². The fraction of sp³-hybridized carbons (Fsp3) is 0.407. The van der Waals surface area contributed by atoms with Crippen LogP contribution in [0.1, 0.15) is 52.5 Å². The molecule has 1 amide bonds. The molecule has 0 N–H and O–H groups in total. The number of likely N-dealkylation sites (tertiary alicyclic amines) is 1. The van der Waals surface area contributed by atoms with Gasteiger partial charge < -0.3 is 14.2 Å². The van der Waals surface area contributed by atoms with Crippen LogP contribution in [-0.4, -0.2) is 41.5 Å². The van der Waals surface area contributed by atoms with Gasteiger partial charge in [-0.05, 0) is 68.1 Å². The number of methoxy groups -OCH3 is 1. The quantitative estimate of drug-likeness (QED) is 0.332. The third kappa shape index (κ3) is 5.06. The van der Waals surface area contributed by atoms with Gasteiger partial charge in [-0.1, -0.05) is 23.2 Å². The van der Waals surface area contributed by atoms with E-state index in [1.165, 1.54) is 7.11 Å². The van der Waals surface area contributed by atoms with E-state index in [4.69, 9.17) is 27.9 Å². The lowest BCUT2D eigenvalue weighted by molar-refractivity contribution is -0.154. The normalized spacial score (nSPS) is 15.8. The molecule has 0 atom stereocenters. The molecular weight excluding hydrogens is 528 g/mol. The van der Waals surface area contributed by atoms with Gasteiger partial charge in [-0.3, -0.25) is 9.59 Å². The van der Waals surface area contributed by atoms with Crippen molar-refractivity contribution in [2.24, 2.45) is 12.5 Å². The van der Waals surface area contributed by atoms with E-state index in [1.807, 2.05) is 13.0 Å². The lowest BCUT2D eigenvalue weighted by atomic mass is 9.80. The van der Waals surface area contributed by atoms with Gasteiger partial charge in [0.25, 0.3) is 5.91 Å². The number of esters is 1. The van der Waals surface area contributed by atoms with Gasteiger partial charge in [0.05, 0.1) is 28.7 Å². The van der Waals surface area contributed by atoms with Gasteiger partial charge in [-0.2, -0.15) is 13.2 Å². The summed E-state index contributed by atoms with van der Waals surface area (Å²) in [5, 5.41) is 1.26. The summed E-state index contributed by atoms with van der Waals surface area (Å²) in [6, 6.07) is 7.27. The molecule has 2 heterocycles. The predicted octanol–water partition coefficient (Wildman–Crippen LogP) is 6.82. The number of amides is 1. The van der Waals surface area contributed by atoms with Crippen molar-refractivity contribution in [1.29, 1.82) is 0 Å². The highest BCUT2D eigenvalue weighted by Gasteiger charge is 2.39. The Morgan fingerprint density at radius 3 is 2.35 bits per heavy atom. The maximum atomic E-state index is 13.4. The Bertz CT molecular complexity index is 1390. The average Bonchev–Trinajstić information content (AvgIpc) is 3.16. The molecule has 0 spiro atoms. The van der Waals surface area contributed by atoms with Gasteiger partial charge in [0.2, 0.25) is 0 Å². The number of hydrogen-bond donors (Lipinski definition) is 0. The van der Waals surface area contributed by atoms with E-state index in [0.29, 0.717) is 58.7 Å². The highest BCUT2D eigenvalue weighted by molar-refractivity contribution is 6.38. The summed E-state index contributed by atoms with van der Waals surface area (Å²) in [6.45, 7) is 4.23. The van der Waals surface area contributed by atoms with Crippen molar-refractivity contribution in [3.8, 4) is 0 Å². The molecule has 2 aromatic carbocycles. The maximum Gasteiger partial charge on any atom is 0.416 e. The second-order valence-electron chi connectivity index (χ2n) is 9.83. The van der Waals surface area contributed by atoms with Gasteiger partial charge >= 0.3 is 12.1 Å². The number of nitrogens with zero attached hydrogens (tertiary/aromatic N) is 2. The first-order valence-electron chi connectivity index (χ1n) is 11.8. The number of rotatable bonds is 4. The number of hydrogen-bond acceptors (Lipinski definition) is 3. The fourth-order valence-corrected chi connectivity index (χ4v) is 5.51. The van der Waals surface area contributed by atoms with Crippen LogP contribution >= 0.6 is 23.2 Å².